The van der Waals surface area contributed by atoms with Gasteiger partial charge < -0.3 is 44.7 Å². The topological polar surface area (TPSA) is 250 Å². The summed E-state index contributed by atoms with van der Waals surface area (Å²) in [5.41, 5.74) is 0.233. The summed E-state index contributed by atoms with van der Waals surface area (Å²) in [5, 5.41) is 27.5. The number of aromatic carboxylic acids is 1. The molecule has 2 aromatic heterocycles. The van der Waals surface area contributed by atoms with E-state index in [2.05, 4.69) is 26.2 Å². The molecule has 2 saturated heterocycles. The Morgan fingerprint density at radius 3 is 2.15 bits per heavy atom. The number of piperidine rings is 1. The van der Waals surface area contributed by atoms with E-state index < -0.39 is 53.0 Å². The van der Waals surface area contributed by atoms with Crippen molar-refractivity contribution in [3.05, 3.63) is 89.3 Å². The van der Waals surface area contributed by atoms with E-state index in [9.17, 15) is 38.7 Å². The minimum absolute atomic E-state index is 0.0377. The molecule has 7 rings (SSSR count). The molecule has 5 amide bonds. The summed E-state index contributed by atoms with van der Waals surface area (Å²) in [7, 11) is 0. The van der Waals surface area contributed by atoms with E-state index in [1.807, 2.05) is 0 Å². The van der Waals surface area contributed by atoms with Gasteiger partial charge in [-0.25, -0.2) is 23.7 Å². The molecule has 1 atom stereocenters. The maximum absolute atomic E-state index is 14.5. The standard InChI is InChI=1S/C46H51ClN10O11/c1-45(2,3)67-38(58)25-66-32-15-17-53(18-16-32)43(64)50-30-10-7-27(8-11-30)21-36(55-20-19-54(40(60)41(55)61)35-24-29(47)9-13-34(35)56-26-48-51-52-56)39(59)49-31-12-14-33-28(22-31)23-37(42(62)63)57(33)44(65)68-46(4,5)6/h7-14,22-24,26,32,36H,15-21,25H2,1-6H3,(H,49,59)(H,50,64)(H,62,63). The molecule has 2 fully saturated rings. The van der Waals surface area contributed by atoms with Gasteiger partial charge in [-0.1, -0.05) is 23.7 Å². The average Bonchev–Trinajstić information content (AvgIpc) is 3.95. The molecular formula is C46H51ClN10O11. The van der Waals surface area contributed by atoms with Crippen LogP contribution in [0.25, 0.3) is 16.6 Å². The van der Waals surface area contributed by atoms with Gasteiger partial charge in [-0.05, 0) is 125 Å². The number of rotatable bonds is 12. The number of piperazine rings is 1. The number of esters is 1. The van der Waals surface area contributed by atoms with Gasteiger partial charge in [-0.3, -0.25) is 14.4 Å². The van der Waals surface area contributed by atoms with E-state index in [1.54, 1.807) is 82.8 Å². The predicted octanol–water partition coefficient (Wildman–Crippen LogP) is 5.53. The number of amides is 5. The van der Waals surface area contributed by atoms with E-state index in [1.165, 1.54) is 51.1 Å². The fraction of sp³-hybridized carbons (Fsp3) is 0.391. The molecule has 1 unspecified atom stereocenters. The number of halogens is 1. The Morgan fingerprint density at radius 2 is 1.50 bits per heavy atom. The van der Waals surface area contributed by atoms with Crippen molar-refractivity contribution in [2.45, 2.75) is 84.2 Å². The number of carboxylic acids is 1. The van der Waals surface area contributed by atoms with Gasteiger partial charge in [0.15, 0.2) is 0 Å². The van der Waals surface area contributed by atoms with Gasteiger partial charge >= 0.3 is 35.9 Å². The summed E-state index contributed by atoms with van der Waals surface area (Å²) in [6.07, 6.45) is 1.22. The molecule has 0 spiro atoms. The third-order valence-electron chi connectivity index (χ3n) is 10.8. The van der Waals surface area contributed by atoms with Crippen LogP contribution in [0.5, 0.6) is 0 Å². The lowest BCUT2D eigenvalue weighted by atomic mass is 10.0. The molecule has 0 saturated carbocycles. The number of hydrogen-bond acceptors (Lipinski definition) is 13. The second kappa shape index (κ2) is 19.8. The Kier molecular flexibility index (Phi) is 14.2. The molecule has 4 heterocycles. The molecule has 3 aromatic carbocycles. The predicted molar refractivity (Wildman–Crippen MR) is 247 cm³/mol. The van der Waals surface area contributed by atoms with Gasteiger partial charge in [-0.15, -0.1) is 5.10 Å². The number of carbonyl (C=O) groups excluding carboxylic acids is 6. The van der Waals surface area contributed by atoms with Crippen LogP contribution in [0.1, 0.15) is 70.4 Å². The van der Waals surface area contributed by atoms with Crippen molar-refractivity contribution < 1.29 is 52.9 Å². The van der Waals surface area contributed by atoms with Gasteiger partial charge in [0.25, 0.3) is 0 Å². The maximum Gasteiger partial charge on any atom is 0.419 e. The van der Waals surface area contributed by atoms with Gasteiger partial charge in [0.2, 0.25) is 5.91 Å². The third kappa shape index (κ3) is 11.6. The zero-order chi connectivity index (χ0) is 49.1. The quantitative estimate of drug-likeness (QED) is 0.103. The summed E-state index contributed by atoms with van der Waals surface area (Å²) in [6, 6.07) is 15.5. The number of ether oxygens (including phenoxy) is 3. The summed E-state index contributed by atoms with van der Waals surface area (Å²) >= 11 is 6.35. The smallest absolute Gasteiger partial charge is 0.419 e. The molecule has 0 bridgehead atoms. The number of nitrogens with one attached hydrogen (secondary N) is 2. The van der Waals surface area contributed by atoms with E-state index in [0.717, 1.165) is 4.57 Å². The molecule has 0 radical (unpaired) electrons. The molecule has 3 N–H and O–H groups in total. The highest BCUT2D eigenvalue weighted by molar-refractivity contribution is 6.41. The molecule has 22 heteroatoms. The first-order valence-corrected chi connectivity index (χ1v) is 22.1. The Morgan fingerprint density at radius 1 is 0.809 bits per heavy atom. The monoisotopic (exact) mass is 954 g/mol. The highest BCUT2D eigenvalue weighted by Crippen LogP contribution is 2.31. The van der Waals surface area contributed by atoms with E-state index in [4.69, 9.17) is 25.8 Å². The Bertz CT molecular complexity index is 2740. The number of carbonyl (C=O) groups is 7. The minimum atomic E-state index is -1.38. The van der Waals surface area contributed by atoms with E-state index >= 15 is 0 Å². The zero-order valence-corrected chi connectivity index (χ0v) is 39.0. The van der Waals surface area contributed by atoms with E-state index in [-0.39, 0.29) is 65.9 Å². The fourth-order valence-corrected chi connectivity index (χ4v) is 7.98. The summed E-state index contributed by atoms with van der Waals surface area (Å²) in [5.74, 6) is -4.41. The van der Waals surface area contributed by atoms with Crippen molar-refractivity contribution >= 4 is 81.4 Å². The first-order valence-electron chi connectivity index (χ1n) is 21.7. The van der Waals surface area contributed by atoms with Crippen molar-refractivity contribution in [3.63, 3.8) is 0 Å². The Labute approximate surface area is 395 Å². The molecule has 2 aliphatic heterocycles. The van der Waals surface area contributed by atoms with Crippen LogP contribution in [0, 0.1) is 0 Å². The van der Waals surface area contributed by atoms with E-state index in [0.29, 0.717) is 48.3 Å². The lowest BCUT2D eigenvalue weighted by Crippen LogP contribution is -2.60. The van der Waals surface area contributed by atoms with Gasteiger partial charge in [-0.2, -0.15) is 4.68 Å². The fourth-order valence-electron chi connectivity index (χ4n) is 7.81. The van der Waals surface area contributed by atoms with Crippen LogP contribution in [0.4, 0.5) is 26.7 Å². The van der Waals surface area contributed by atoms with Gasteiger partial charge in [0.05, 0.1) is 23.0 Å². The third-order valence-corrected chi connectivity index (χ3v) is 11.1. The van der Waals surface area contributed by atoms with Crippen LogP contribution in [-0.4, -0.2) is 138 Å². The van der Waals surface area contributed by atoms with Crippen LogP contribution in [-0.2, 0) is 39.8 Å². The maximum atomic E-state index is 14.5. The zero-order valence-electron chi connectivity index (χ0n) is 38.2. The number of urea groups is 1. The van der Waals surface area contributed by atoms with Crippen LogP contribution < -0.4 is 15.5 Å². The van der Waals surface area contributed by atoms with Crippen LogP contribution in [0.3, 0.4) is 0 Å². The molecule has 5 aromatic rings. The van der Waals surface area contributed by atoms with Crippen molar-refractivity contribution in [1.82, 2.24) is 34.6 Å². The number of fused-ring (bicyclic) bond motifs is 1. The number of tetrazole rings is 1. The van der Waals surface area contributed by atoms with Gasteiger partial charge in [0, 0.05) is 54.4 Å². The van der Waals surface area contributed by atoms with Crippen molar-refractivity contribution in [3.8, 4) is 5.69 Å². The highest BCUT2D eigenvalue weighted by Gasteiger charge is 2.41. The normalized spacial score (nSPS) is 15.3. The summed E-state index contributed by atoms with van der Waals surface area (Å²) in [6.45, 7) is 10.8. The summed E-state index contributed by atoms with van der Waals surface area (Å²) < 4.78 is 18.8. The first-order chi connectivity index (χ1) is 32.1. The number of aromatic nitrogens is 5. The number of carboxylic acid groups (broad SMARTS) is 1. The molecule has 68 heavy (non-hydrogen) atoms. The highest BCUT2D eigenvalue weighted by atomic mass is 35.5. The van der Waals surface area contributed by atoms with Crippen molar-refractivity contribution in [1.29, 1.82) is 0 Å². The Balaban J connectivity index is 1.09. The lowest BCUT2D eigenvalue weighted by molar-refractivity contribution is -0.163. The first kappa shape index (κ1) is 48.5. The minimum Gasteiger partial charge on any atom is -0.477 e. The Hall–Kier alpha value is -7.39. The van der Waals surface area contributed by atoms with Crippen LogP contribution >= 0.6 is 11.6 Å². The molecular weight excluding hydrogens is 904 g/mol. The van der Waals surface area contributed by atoms with Crippen molar-refractivity contribution in [2.24, 2.45) is 0 Å². The van der Waals surface area contributed by atoms with Crippen molar-refractivity contribution in [2.75, 3.05) is 48.3 Å². The van der Waals surface area contributed by atoms with Crippen LogP contribution in [0.15, 0.2) is 73.1 Å². The average molecular weight is 955 g/mol. The number of likely N-dealkylation sites (tertiary alicyclic amines) is 1. The molecule has 21 nitrogen and oxygen atoms in total. The molecule has 358 valence electrons. The molecule has 2 aliphatic rings. The second-order valence-electron chi connectivity index (χ2n) is 18.2. The van der Waals surface area contributed by atoms with Gasteiger partial charge in [0.1, 0.15) is 35.9 Å². The molecule has 0 aliphatic carbocycles. The summed E-state index contributed by atoms with van der Waals surface area (Å²) in [4.78, 5) is 97.4. The number of anilines is 3. The SMILES string of the molecule is CC(C)(C)OC(=O)COC1CCN(C(=O)Nc2ccc(CC(C(=O)Nc3ccc4c(c3)cc(C(=O)O)n4C(=O)OC(C)(C)C)N3CCN(c4cc(Cl)ccc4-n4cnnn4)C(=O)C3=O)cc2)CC1. The number of nitrogens with zero attached hydrogens (tertiary/aromatic N) is 8. The largest absolute Gasteiger partial charge is 0.477 e. The van der Waals surface area contributed by atoms with Crippen LogP contribution in [0.2, 0.25) is 5.02 Å². The number of hydrogen-bond donors (Lipinski definition) is 3. The lowest BCUT2D eigenvalue weighted by Gasteiger charge is -2.38. The second-order valence-corrected chi connectivity index (χ2v) is 18.6. The number of benzene rings is 3.